The van der Waals surface area contributed by atoms with E-state index in [4.69, 9.17) is 20.9 Å². The van der Waals surface area contributed by atoms with E-state index in [0.717, 1.165) is 0 Å². The van der Waals surface area contributed by atoms with Crippen LogP contribution < -0.4 is 11.5 Å². The van der Waals surface area contributed by atoms with Crippen LogP contribution >= 0.6 is 0 Å². The third-order valence-electron chi connectivity index (χ3n) is 2.06. The Bertz CT molecular complexity index is 194. The number of hydrogen-bond acceptors (Lipinski definition) is 5. The molecular weight excluding hydrogens is 188 g/mol. The summed E-state index contributed by atoms with van der Waals surface area (Å²) in [6.07, 6.45) is -1.06. The van der Waals surface area contributed by atoms with Gasteiger partial charge in [-0.1, -0.05) is 0 Å². The van der Waals surface area contributed by atoms with Gasteiger partial charge < -0.3 is 26.0 Å². The zero-order valence-electron chi connectivity index (χ0n) is 7.89. The smallest absolute Gasteiger partial charge is 0.220 e. The average molecular weight is 204 g/mol. The molecule has 6 heteroatoms. The van der Waals surface area contributed by atoms with E-state index in [1.165, 1.54) is 0 Å². The minimum Gasteiger partial charge on any atom is -0.391 e. The number of rotatable bonds is 5. The Morgan fingerprint density at radius 2 is 2.07 bits per heavy atom. The number of aliphatic hydroxyl groups is 1. The molecule has 1 heterocycles. The Morgan fingerprint density at radius 1 is 1.50 bits per heavy atom. The molecule has 0 aromatic rings. The van der Waals surface area contributed by atoms with Crippen LogP contribution in [0.25, 0.3) is 0 Å². The van der Waals surface area contributed by atoms with Crippen LogP contribution in [-0.2, 0) is 14.3 Å². The van der Waals surface area contributed by atoms with E-state index < -0.39 is 18.1 Å². The molecule has 2 unspecified atom stereocenters. The first-order chi connectivity index (χ1) is 6.59. The van der Waals surface area contributed by atoms with Crippen molar-refractivity contribution in [2.45, 2.75) is 31.3 Å². The summed E-state index contributed by atoms with van der Waals surface area (Å²) in [7, 11) is 0. The van der Waals surface area contributed by atoms with Crippen molar-refractivity contribution >= 4 is 5.91 Å². The summed E-state index contributed by atoms with van der Waals surface area (Å²) in [5.74, 6) is -0.568. The number of amides is 1. The predicted octanol–water partition coefficient (Wildman–Crippen LogP) is -1.69. The Labute approximate surface area is 82.2 Å². The van der Waals surface area contributed by atoms with E-state index in [2.05, 4.69) is 0 Å². The Kier molecular flexibility index (Phi) is 4.27. The zero-order chi connectivity index (χ0) is 10.6. The normalized spacial score (nSPS) is 22.1. The molecule has 0 aromatic heterocycles. The molecule has 1 rings (SSSR count). The molecule has 0 radical (unpaired) electrons. The quantitative estimate of drug-likeness (QED) is 0.495. The molecule has 0 saturated carbocycles. The molecule has 14 heavy (non-hydrogen) atoms. The van der Waals surface area contributed by atoms with Gasteiger partial charge in [-0.25, -0.2) is 0 Å². The van der Waals surface area contributed by atoms with Gasteiger partial charge in [-0.3, -0.25) is 4.79 Å². The number of nitrogens with two attached hydrogens (primary N) is 2. The molecule has 82 valence electrons. The summed E-state index contributed by atoms with van der Waals surface area (Å²) in [4.78, 5) is 10.5. The zero-order valence-corrected chi connectivity index (χ0v) is 7.89. The van der Waals surface area contributed by atoms with Crippen LogP contribution in [0.1, 0.15) is 12.8 Å². The first kappa shape index (κ1) is 11.4. The number of ether oxygens (including phenoxy) is 2. The summed E-state index contributed by atoms with van der Waals surface area (Å²) in [5.41, 5.74) is 10.5. The van der Waals surface area contributed by atoms with Crippen LogP contribution in [0.5, 0.6) is 0 Å². The lowest BCUT2D eigenvalue weighted by atomic mass is 10.1. The maximum atomic E-state index is 10.5. The van der Waals surface area contributed by atoms with E-state index in [9.17, 15) is 9.90 Å². The van der Waals surface area contributed by atoms with Crippen molar-refractivity contribution in [1.29, 1.82) is 0 Å². The van der Waals surface area contributed by atoms with Gasteiger partial charge in [-0.05, 0) is 0 Å². The largest absolute Gasteiger partial charge is 0.391 e. The van der Waals surface area contributed by atoms with Gasteiger partial charge >= 0.3 is 0 Å². The minimum absolute atomic E-state index is 0.131. The lowest BCUT2D eigenvalue weighted by Gasteiger charge is -2.19. The van der Waals surface area contributed by atoms with E-state index in [1.54, 1.807) is 0 Å². The van der Waals surface area contributed by atoms with Gasteiger partial charge in [0, 0.05) is 12.5 Å². The molecule has 0 bridgehead atoms. The molecule has 0 spiro atoms. The van der Waals surface area contributed by atoms with Gasteiger partial charge in [0.25, 0.3) is 0 Å². The molecule has 1 fully saturated rings. The van der Waals surface area contributed by atoms with E-state index in [1.807, 2.05) is 0 Å². The third-order valence-corrected chi connectivity index (χ3v) is 2.06. The molecule has 6 nitrogen and oxygen atoms in total. The Hall–Kier alpha value is -0.690. The number of primary amides is 1. The van der Waals surface area contributed by atoms with Gasteiger partial charge in [0.2, 0.25) is 5.91 Å². The average Bonchev–Trinajstić information content (AvgIpc) is 2.55. The van der Waals surface area contributed by atoms with E-state index in [-0.39, 0.29) is 12.7 Å². The van der Waals surface area contributed by atoms with Crippen molar-refractivity contribution < 1.29 is 19.4 Å². The fraction of sp³-hybridized carbons (Fsp3) is 0.875. The number of carbonyl (C=O) groups is 1. The Morgan fingerprint density at radius 3 is 2.57 bits per heavy atom. The maximum absolute atomic E-state index is 10.5. The van der Waals surface area contributed by atoms with Gasteiger partial charge in [0.05, 0.1) is 25.7 Å². The summed E-state index contributed by atoms with van der Waals surface area (Å²) in [6.45, 7) is 1.09. The van der Waals surface area contributed by atoms with Crippen molar-refractivity contribution in [2.24, 2.45) is 11.5 Å². The van der Waals surface area contributed by atoms with Crippen LogP contribution in [0, 0.1) is 0 Å². The standard InChI is InChI=1S/C8H16N2O4/c9-5(6(11)4-7(10)12)3-8-13-1-2-14-8/h5-6,8,11H,1-4,9H2,(H2,10,12). The van der Waals surface area contributed by atoms with Gasteiger partial charge in [-0.15, -0.1) is 0 Å². The van der Waals surface area contributed by atoms with Gasteiger partial charge in [-0.2, -0.15) is 0 Å². The van der Waals surface area contributed by atoms with Crippen molar-refractivity contribution in [3.63, 3.8) is 0 Å². The topological polar surface area (TPSA) is 108 Å². The van der Waals surface area contributed by atoms with Crippen LogP contribution in [-0.4, -0.2) is 42.7 Å². The maximum Gasteiger partial charge on any atom is 0.220 e. The molecule has 1 amide bonds. The summed E-state index contributed by atoms with van der Waals surface area (Å²) < 4.78 is 10.3. The van der Waals surface area contributed by atoms with Crippen molar-refractivity contribution in [3.05, 3.63) is 0 Å². The Balaban J connectivity index is 2.25. The van der Waals surface area contributed by atoms with Crippen molar-refractivity contribution in [3.8, 4) is 0 Å². The molecule has 2 atom stereocenters. The van der Waals surface area contributed by atoms with Gasteiger partial charge in [0.15, 0.2) is 6.29 Å². The number of hydrogen-bond donors (Lipinski definition) is 3. The molecule has 1 aliphatic heterocycles. The second-order valence-corrected chi connectivity index (χ2v) is 3.31. The predicted molar refractivity (Wildman–Crippen MR) is 48.1 cm³/mol. The highest BCUT2D eigenvalue weighted by Crippen LogP contribution is 2.12. The minimum atomic E-state index is -0.930. The second-order valence-electron chi connectivity index (χ2n) is 3.31. The summed E-state index contributed by atoms with van der Waals surface area (Å²) in [6, 6.07) is -0.550. The van der Waals surface area contributed by atoms with Crippen LogP contribution in [0.15, 0.2) is 0 Å². The van der Waals surface area contributed by atoms with Crippen LogP contribution in [0.2, 0.25) is 0 Å². The molecule has 1 saturated heterocycles. The first-order valence-electron chi connectivity index (χ1n) is 4.54. The fourth-order valence-electron chi connectivity index (χ4n) is 1.28. The molecule has 1 aliphatic rings. The number of aliphatic hydroxyl groups excluding tert-OH is 1. The molecular formula is C8H16N2O4. The highest BCUT2D eigenvalue weighted by atomic mass is 16.7. The van der Waals surface area contributed by atoms with E-state index in [0.29, 0.717) is 19.6 Å². The molecule has 5 N–H and O–H groups in total. The third kappa shape index (κ3) is 3.59. The lowest BCUT2D eigenvalue weighted by Crippen LogP contribution is -2.40. The summed E-state index contributed by atoms with van der Waals surface area (Å²) >= 11 is 0. The lowest BCUT2D eigenvalue weighted by molar-refractivity contribution is -0.120. The number of carbonyl (C=O) groups excluding carboxylic acids is 1. The highest BCUT2D eigenvalue weighted by molar-refractivity contribution is 5.74. The van der Waals surface area contributed by atoms with Crippen LogP contribution in [0.3, 0.4) is 0 Å². The second kappa shape index (κ2) is 5.26. The molecule has 0 aliphatic carbocycles. The van der Waals surface area contributed by atoms with Crippen molar-refractivity contribution in [2.75, 3.05) is 13.2 Å². The summed E-state index contributed by atoms with van der Waals surface area (Å²) in [5, 5.41) is 9.41. The molecule has 0 aromatic carbocycles. The van der Waals surface area contributed by atoms with Gasteiger partial charge in [0.1, 0.15) is 0 Å². The van der Waals surface area contributed by atoms with Crippen molar-refractivity contribution in [1.82, 2.24) is 0 Å². The monoisotopic (exact) mass is 204 g/mol. The van der Waals surface area contributed by atoms with E-state index >= 15 is 0 Å². The first-order valence-corrected chi connectivity index (χ1v) is 4.54. The fourth-order valence-corrected chi connectivity index (χ4v) is 1.28. The SMILES string of the molecule is NC(=O)CC(O)C(N)CC1OCCO1. The van der Waals surface area contributed by atoms with Crippen LogP contribution in [0.4, 0.5) is 0 Å². The highest BCUT2D eigenvalue weighted by Gasteiger charge is 2.24.